The van der Waals surface area contributed by atoms with Crippen molar-refractivity contribution in [1.29, 1.82) is 0 Å². The number of rotatable bonds is 7. The van der Waals surface area contributed by atoms with Crippen LogP contribution in [0.2, 0.25) is 0 Å². The van der Waals surface area contributed by atoms with E-state index >= 15 is 0 Å². The summed E-state index contributed by atoms with van der Waals surface area (Å²) in [7, 11) is 2.10. The second-order valence-corrected chi connectivity index (χ2v) is 6.16. The highest BCUT2D eigenvalue weighted by Gasteiger charge is 2.43. The number of pyridine rings is 1. The van der Waals surface area contributed by atoms with Gasteiger partial charge in [-0.2, -0.15) is 0 Å². The maximum atomic E-state index is 11.6. The molecule has 0 bridgehead atoms. The smallest absolute Gasteiger partial charge is 0.237 e. The van der Waals surface area contributed by atoms with Crippen LogP contribution in [0.25, 0.3) is 0 Å². The first-order valence-electron chi connectivity index (χ1n) is 7.69. The standard InChI is InChI=1S/C16H26N4O/c1-20(12-8-14-6-2-3-10-19-14)11-7-13-5-4-9-16(13,18)15(17)21/h2-3,6,10,13H,4-5,7-9,11-12,18H2,1H3,(H2,17,21). The van der Waals surface area contributed by atoms with E-state index in [1.165, 1.54) is 0 Å². The Balaban J connectivity index is 1.76. The fourth-order valence-corrected chi connectivity index (χ4v) is 3.17. The van der Waals surface area contributed by atoms with Gasteiger partial charge in [0.15, 0.2) is 0 Å². The highest BCUT2D eigenvalue weighted by atomic mass is 16.1. The third-order valence-electron chi connectivity index (χ3n) is 4.67. The Labute approximate surface area is 126 Å². The van der Waals surface area contributed by atoms with Gasteiger partial charge in [-0.3, -0.25) is 9.78 Å². The van der Waals surface area contributed by atoms with Gasteiger partial charge in [-0.15, -0.1) is 0 Å². The normalized spacial score (nSPS) is 25.4. The summed E-state index contributed by atoms with van der Waals surface area (Å²) in [5.74, 6) is -0.131. The molecule has 5 nitrogen and oxygen atoms in total. The number of amides is 1. The summed E-state index contributed by atoms with van der Waals surface area (Å²) in [4.78, 5) is 18.2. The third kappa shape index (κ3) is 4.02. The monoisotopic (exact) mass is 290 g/mol. The second-order valence-electron chi connectivity index (χ2n) is 6.16. The number of aromatic nitrogens is 1. The Morgan fingerprint density at radius 2 is 2.29 bits per heavy atom. The van der Waals surface area contributed by atoms with Gasteiger partial charge in [-0.05, 0) is 50.9 Å². The molecule has 1 fully saturated rings. The quantitative estimate of drug-likeness (QED) is 0.782. The van der Waals surface area contributed by atoms with Crippen molar-refractivity contribution < 1.29 is 4.79 Å². The molecule has 116 valence electrons. The summed E-state index contributed by atoms with van der Waals surface area (Å²) in [6, 6.07) is 5.98. The minimum absolute atomic E-state index is 0.215. The number of nitrogens with two attached hydrogens (primary N) is 2. The Morgan fingerprint density at radius 1 is 1.48 bits per heavy atom. The second kappa shape index (κ2) is 7.00. The van der Waals surface area contributed by atoms with Gasteiger partial charge in [0.05, 0.1) is 5.54 Å². The van der Waals surface area contributed by atoms with Gasteiger partial charge < -0.3 is 16.4 Å². The topological polar surface area (TPSA) is 85.2 Å². The van der Waals surface area contributed by atoms with Gasteiger partial charge in [0, 0.05) is 24.9 Å². The van der Waals surface area contributed by atoms with Crippen LogP contribution in [-0.4, -0.2) is 41.5 Å². The maximum absolute atomic E-state index is 11.6. The largest absolute Gasteiger partial charge is 0.368 e. The molecule has 1 aromatic rings. The fraction of sp³-hybridized carbons (Fsp3) is 0.625. The zero-order valence-corrected chi connectivity index (χ0v) is 12.8. The molecule has 1 aliphatic rings. The Kier molecular flexibility index (Phi) is 5.31. The van der Waals surface area contributed by atoms with E-state index in [1.54, 1.807) is 0 Å². The minimum Gasteiger partial charge on any atom is -0.368 e. The van der Waals surface area contributed by atoms with Gasteiger partial charge in [-0.1, -0.05) is 12.5 Å². The first kappa shape index (κ1) is 15.9. The predicted octanol–water partition coefficient (Wildman–Crippen LogP) is 0.929. The van der Waals surface area contributed by atoms with E-state index < -0.39 is 5.54 Å². The number of primary amides is 1. The summed E-state index contributed by atoms with van der Waals surface area (Å²) in [5.41, 5.74) is 12.0. The number of hydrogen-bond acceptors (Lipinski definition) is 4. The average Bonchev–Trinajstić information content (AvgIpc) is 2.86. The molecule has 0 aliphatic heterocycles. The molecule has 2 unspecified atom stereocenters. The van der Waals surface area contributed by atoms with Crippen molar-refractivity contribution in [2.24, 2.45) is 17.4 Å². The van der Waals surface area contributed by atoms with E-state index in [4.69, 9.17) is 11.5 Å². The molecule has 21 heavy (non-hydrogen) atoms. The van der Waals surface area contributed by atoms with Crippen LogP contribution in [0.1, 0.15) is 31.4 Å². The molecule has 0 aromatic carbocycles. The first-order chi connectivity index (χ1) is 10.0. The summed E-state index contributed by atoms with van der Waals surface area (Å²) < 4.78 is 0. The zero-order chi connectivity index (χ0) is 15.3. The highest BCUT2D eigenvalue weighted by molar-refractivity contribution is 5.85. The van der Waals surface area contributed by atoms with Crippen LogP contribution in [0.15, 0.2) is 24.4 Å². The molecular weight excluding hydrogens is 264 g/mol. The summed E-state index contributed by atoms with van der Waals surface area (Å²) in [5, 5.41) is 0. The van der Waals surface area contributed by atoms with Crippen LogP contribution >= 0.6 is 0 Å². The maximum Gasteiger partial charge on any atom is 0.237 e. The number of hydrogen-bond donors (Lipinski definition) is 2. The lowest BCUT2D eigenvalue weighted by Crippen LogP contribution is -2.55. The van der Waals surface area contributed by atoms with Crippen molar-refractivity contribution in [2.45, 2.75) is 37.6 Å². The van der Waals surface area contributed by atoms with E-state index in [0.29, 0.717) is 0 Å². The van der Waals surface area contributed by atoms with E-state index in [0.717, 1.165) is 50.9 Å². The summed E-state index contributed by atoms with van der Waals surface area (Å²) in [6.07, 6.45) is 6.42. The molecule has 2 atom stereocenters. The van der Waals surface area contributed by atoms with E-state index in [9.17, 15) is 4.79 Å². The molecule has 0 radical (unpaired) electrons. The highest BCUT2D eigenvalue weighted by Crippen LogP contribution is 2.35. The fourth-order valence-electron chi connectivity index (χ4n) is 3.17. The van der Waals surface area contributed by atoms with Crippen LogP contribution < -0.4 is 11.5 Å². The molecule has 4 N–H and O–H groups in total. The van der Waals surface area contributed by atoms with Gasteiger partial charge >= 0.3 is 0 Å². The van der Waals surface area contributed by atoms with Crippen LogP contribution in [0.4, 0.5) is 0 Å². The number of nitrogens with zero attached hydrogens (tertiary/aromatic N) is 2. The van der Waals surface area contributed by atoms with E-state index in [1.807, 2.05) is 24.4 Å². The van der Waals surface area contributed by atoms with Crippen LogP contribution in [-0.2, 0) is 11.2 Å². The number of carbonyl (C=O) groups excluding carboxylic acids is 1. The Hall–Kier alpha value is -1.46. The molecule has 5 heteroatoms. The lowest BCUT2D eigenvalue weighted by Gasteiger charge is -2.29. The molecule has 1 amide bonds. The molecule has 1 heterocycles. The molecule has 2 rings (SSSR count). The summed E-state index contributed by atoms with van der Waals surface area (Å²) in [6.45, 7) is 1.89. The van der Waals surface area contributed by atoms with Crippen LogP contribution in [0, 0.1) is 5.92 Å². The number of likely N-dealkylation sites (N-methyl/N-ethyl adjacent to an activating group) is 1. The molecule has 1 aliphatic carbocycles. The lowest BCUT2D eigenvalue weighted by atomic mass is 9.85. The molecule has 0 spiro atoms. The van der Waals surface area contributed by atoms with Crippen molar-refractivity contribution in [2.75, 3.05) is 20.1 Å². The van der Waals surface area contributed by atoms with Crippen molar-refractivity contribution in [3.05, 3.63) is 30.1 Å². The zero-order valence-electron chi connectivity index (χ0n) is 12.8. The van der Waals surface area contributed by atoms with Gasteiger partial charge in [0.1, 0.15) is 0 Å². The number of carbonyl (C=O) groups is 1. The Bertz CT molecular complexity index is 465. The van der Waals surface area contributed by atoms with Crippen LogP contribution in [0.5, 0.6) is 0 Å². The SMILES string of the molecule is CN(CCc1ccccn1)CCC1CCCC1(N)C(N)=O. The first-order valence-corrected chi connectivity index (χ1v) is 7.69. The average molecular weight is 290 g/mol. The van der Waals surface area contributed by atoms with E-state index in [-0.39, 0.29) is 11.8 Å². The predicted molar refractivity (Wildman–Crippen MR) is 83.5 cm³/mol. The molecular formula is C16H26N4O. The molecule has 1 saturated carbocycles. The van der Waals surface area contributed by atoms with Crippen molar-refractivity contribution in [1.82, 2.24) is 9.88 Å². The third-order valence-corrected chi connectivity index (χ3v) is 4.67. The Morgan fingerprint density at radius 3 is 2.95 bits per heavy atom. The van der Waals surface area contributed by atoms with Crippen LogP contribution in [0.3, 0.4) is 0 Å². The minimum atomic E-state index is -0.790. The van der Waals surface area contributed by atoms with Crippen molar-refractivity contribution in [3.63, 3.8) is 0 Å². The lowest BCUT2D eigenvalue weighted by molar-refractivity contribution is -0.124. The van der Waals surface area contributed by atoms with Gasteiger partial charge in [0.25, 0.3) is 0 Å². The molecule has 0 saturated heterocycles. The van der Waals surface area contributed by atoms with E-state index in [2.05, 4.69) is 16.9 Å². The molecule has 1 aromatic heterocycles. The van der Waals surface area contributed by atoms with Crippen molar-refractivity contribution >= 4 is 5.91 Å². The van der Waals surface area contributed by atoms with Gasteiger partial charge in [-0.25, -0.2) is 0 Å². The van der Waals surface area contributed by atoms with Crippen molar-refractivity contribution in [3.8, 4) is 0 Å². The summed E-state index contributed by atoms with van der Waals surface area (Å²) >= 11 is 0. The van der Waals surface area contributed by atoms with Gasteiger partial charge in [0.2, 0.25) is 5.91 Å².